The summed E-state index contributed by atoms with van der Waals surface area (Å²) < 4.78 is 5.07. The second-order valence-electron chi connectivity index (χ2n) is 4.54. The van der Waals surface area contributed by atoms with Crippen LogP contribution >= 0.6 is 0 Å². The number of nitrogens with two attached hydrogens (primary N) is 1. The van der Waals surface area contributed by atoms with Gasteiger partial charge in [0, 0.05) is 18.8 Å². The standard InChI is InChI=1S/C14H20N2O4/c1-4-16(8-9(2)14(18)19)13(17)11-7-10(20-3)5-6-12(11)15/h5-7,9H,4,8,15H2,1-3H3,(H,18,19). The largest absolute Gasteiger partial charge is 0.497 e. The summed E-state index contributed by atoms with van der Waals surface area (Å²) in [4.78, 5) is 24.8. The average Bonchev–Trinajstić information content (AvgIpc) is 2.44. The number of carboxylic acids is 1. The SMILES string of the molecule is CCN(CC(C)C(=O)O)C(=O)c1cc(OC)ccc1N. The molecule has 0 radical (unpaired) electrons. The van der Waals surface area contributed by atoms with Crippen molar-refractivity contribution < 1.29 is 19.4 Å². The van der Waals surface area contributed by atoms with Gasteiger partial charge >= 0.3 is 5.97 Å². The third-order valence-corrected chi connectivity index (χ3v) is 3.08. The molecule has 0 aromatic heterocycles. The van der Waals surface area contributed by atoms with E-state index in [-0.39, 0.29) is 12.5 Å². The van der Waals surface area contributed by atoms with Crippen LogP contribution in [0.4, 0.5) is 5.69 Å². The zero-order valence-electron chi connectivity index (χ0n) is 11.9. The third kappa shape index (κ3) is 3.63. The first-order valence-electron chi connectivity index (χ1n) is 6.36. The van der Waals surface area contributed by atoms with Gasteiger partial charge in [-0.3, -0.25) is 9.59 Å². The van der Waals surface area contributed by atoms with Gasteiger partial charge in [0.2, 0.25) is 0 Å². The summed E-state index contributed by atoms with van der Waals surface area (Å²) in [5.74, 6) is -1.33. The van der Waals surface area contributed by atoms with Gasteiger partial charge in [0.1, 0.15) is 5.75 Å². The van der Waals surface area contributed by atoms with Crippen LogP contribution < -0.4 is 10.5 Å². The molecule has 0 saturated heterocycles. The van der Waals surface area contributed by atoms with E-state index in [9.17, 15) is 9.59 Å². The van der Waals surface area contributed by atoms with E-state index in [1.807, 2.05) is 0 Å². The molecule has 0 spiro atoms. The Morgan fingerprint density at radius 1 is 1.45 bits per heavy atom. The highest BCUT2D eigenvalue weighted by Crippen LogP contribution is 2.21. The van der Waals surface area contributed by atoms with Gasteiger partial charge in [0.05, 0.1) is 18.6 Å². The molecule has 0 aliphatic heterocycles. The summed E-state index contributed by atoms with van der Waals surface area (Å²) in [6, 6.07) is 4.83. The van der Waals surface area contributed by atoms with Gasteiger partial charge in [-0.2, -0.15) is 0 Å². The van der Waals surface area contributed by atoms with Crippen LogP contribution in [0.2, 0.25) is 0 Å². The van der Waals surface area contributed by atoms with Crippen LogP contribution in [0.3, 0.4) is 0 Å². The summed E-state index contributed by atoms with van der Waals surface area (Å²) in [6.07, 6.45) is 0. The highest BCUT2D eigenvalue weighted by molar-refractivity contribution is 5.99. The second-order valence-corrected chi connectivity index (χ2v) is 4.54. The maximum Gasteiger partial charge on any atom is 0.308 e. The molecule has 0 aliphatic carbocycles. The summed E-state index contributed by atoms with van der Waals surface area (Å²) in [6.45, 7) is 3.91. The smallest absolute Gasteiger partial charge is 0.308 e. The molecular weight excluding hydrogens is 260 g/mol. The van der Waals surface area contributed by atoms with Gasteiger partial charge in [-0.25, -0.2) is 0 Å². The molecule has 0 saturated carbocycles. The van der Waals surface area contributed by atoms with Gasteiger partial charge in [-0.1, -0.05) is 6.92 Å². The highest BCUT2D eigenvalue weighted by Gasteiger charge is 2.22. The second kappa shape index (κ2) is 6.79. The van der Waals surface area contributed by atoms with Crippen LogP contribution in [0, 0.1) is 5.92 Å². The normalized spacial score (nSPS) is 11.8. The van der Waals surface area contributed by atoms with Crippen molar-refractivity contribution in [3.63, 3.8) is 0 Å². The first-order valence-corrected chi connectivity index (χ1v) is 6.36. The zero-order chi connectivity index (χ0) is 15.3. The van der Waals surface area contributed by atoms with Crippen molar-refractivity contribution in [3.8, 4) is 5.75 Å². The minimum absolute atomic E-state index is 0.140. The van der Waals surface area contributed by atoms with E-state index in [1.54, 1.807) is 32.0 Å². The van der Waals surface area contributed by atoms with Crippen molar-refractivity contribution in [3.05, 3.63) is 23.8 Å². The summed E-state index contributed by atoms with van der Waals surface area (Å²) in [7, 11) is 1.50. The fourth-order valence-corrected chi connectivity index (χ4v) is 1.78. The number of hydrogen-bond donors (Lipinski definition) is 2. The van der Waals surface area contributed by atoms with Gasteiger partial charge in [-0.05, 0) is 25.1 Å². The lowest BCUT2D eigenvalue weighted by atomic mass is 10.1. The van der Waals surface area contributed by atoms with Crippen molar-refractivity contribution in [2.75, 3.05) is 25.9 Å². The van der Waals surface area contributed by atoms with Crippen LogP contribution in [0.25, 0.3) is 0 Å². The topological polar surface area (TPSA) is 92.9 Å². The molecule has 1 atom stereocenters. The van der Waals surface area contributed by atoms with Crippen LogP contribution in [0.5, 0.6) is 5.75 Å². The Hall–Kier alpha value is -2.24. The Morgan fingerprint density at radius 3 is 2.60 bits per heavy atom. The van der Waals surface area contributed by atoms with Crippen molar-refractivity contribution in [1.82, 2.24) is 4.90 Å². The number of amides is 1. The predicted molar refractivity (Wildman–Crippen MR) is 75.8 cm³/mol. The maximum absolute atomic E-state index is 12.4. The molecule has 0 heterocycles. The van der Waals surface area contributed by atoms with E-state index in [1.165, 1.54) is 12.0 Å². The number of rotatable bonds is 6. The molecule has 1 unspecified atom stereocenters. The molecule has 1 rings (SSSR count). The van der Waals surface area contributed by atoms with Gasteiger partial charge < -0.3 is 20.5 Å². The molecule has 1 aromatic rings. The molecule has 1 aromatic carbocycles. The van der Waals surface area contributed by atoms with Crippen LogP contribution in [0.1, 0.15) is 24.2 Å². The molecule has 1 amide bonds. The fourth-order valence-electron chi connectivity index (χ4n) is 1.78. The average molecular weight is 280 g/mol. The minimum Gasteiger partial charge on any atom is -0.497 e. The molecular formula is C14H20N2O4. The number of hydrogen-bond acceptors (Lipinski definition) is 4. The predicted octanol–water partition coefficient (Wildman–Crippen LogP) is 1.46. The lowest BCUT2D eigenvalue weighted by Gasteiger charge is -2.23. The Balaban J connectivity index is 2.99. The minimum atomic E-state index is -0.935. The Morgan fingerprint density at radius 2 is 2.10 bits per heavy atom. The van der Waals surface area contributed by atoms with Crippen LogP contribution in [0.15, 0.2) is 18.2 Å². The van der Waals surface area contributed by atoms with Crippen molar-refractivity contribution in [2.45, 2.75) is 13.8 Å². The number of carboxylic acid groups (broad SMARTS) is 1. The monoisotopic (exact) mass is 280 g/mol. The number of carbonyl (C=O) groups excluding carboxylic acids is 1. The van der Waals surface area contributed by atoms with Crippen molar-refractivity contribution in [2.24, 2.45) is 5.92 Å². The van der Waals surface area contributed by atoms with Crippen LogP contribution in [-0.2, 0) is 4.79 Å². The van der Waals surface area contributed by atoms with E-state index < -0.39 is 11.9 Å². The molecule has 0 fully saturated rings. The fraction of sp³-hybridized carbons (Fsp3) is 0.429. The highest BCUT2D eigenvalue weighted by atomic mass is 16.5. The van der Waals surface area contributed by atoms with E-state index >= 15 is 0 Å². The molecule has 6 nitrogen and oxygen atoms in total. The molecule has 20 heavy (non-hydrogen) atoms. The number of nitrogen functional groups attached to an aromatic ring is 1. The van der Waals surface area contributed by atoms with Gasteiger partial charge in [-0.15, -0.1) is 0 Å². The third-order valence-electron chi connectivity index (χ3n) is 3.08. The quantitative estimate of drug-likeness (QED) is 0.769. The first-order chi connectivity index (χ1) is 9.40. The number of methoxy groups -OCH3 is 1. The number of nitrogens with zero attached hydrogens (tertiary/aromatic N) is 1. The molecule has 3 N–H and O–H groups in total. The molecule has 110 valence electrons. The lowest BCUT2D eigenvalue weighted by molar-refractivity contribution is -0.141. The Kier molecular flexibility index (Phi) is 5.37. The van der Waals surface area contributed by atoms with E-state index in [0.29, 0.717) is 23.5 Å². The van der Waals surface area contributed by atoms with Crippen molar-refractivity contribution in [1.29, 1.82) is 0 Å². The summed E-state index contributed by atoms with van der Waals surface area (Å²) in [5.41, 5.74) is 6.48. The molecule has 6 heteroatoms. The zero-order valence-corrected chi connectivity index (χ0v) is 11.9. The molecule has 0 aliphatic rings. The number of aliphatic carboxylic acids is 1. The number of benzene rings is 1. The summed E-state index contributed by atoms with van der Waals surface area (Å²) in [5, 5.41) is 8.93. The van der Waals surface area contributed by atoms with Gasteiger partial charge in [0.15, 0.2) is 0 Å². The maximum atomic E-state index is 12.4. The Bertz CT molecular complexity index is 502. The summed E-state index contributed by atoms with van der Waals surface area (Å²) >= 11 is 0. The number of ether oxygens (including phenoxy) is 1. The Labute approximate surface area is 118 Å². The lowest BCUT2D eigenvalue weighted by Crippen LogP contribution is -2.37. The van der Waals surface area contributed by atoms with Crippen molar-refractivity contribution >= 4 is 17.6 Å². The molecule has 0 bridgehead atoms. The number of anilines is 1. The van der Waals surface area contributed by atoms with Gasteiger partial charge in [0.25, 0.3) is 5.91 Å². The van der Waals surface area contributed by atoms with E-state index in [0.717, 1.165) is 0 Å². The first kappa shape index (κ1) is 15.8. The van der Waals surface area contributed by atoms with E-state index in [2.05, 4.69) is 0 Å². The van der Waals surface area contributed by atoms with Crippen LogP contribution in [-0.4, -0.2) is 42.1 Å². The number of carbonyl (C=O) groups is 2. The van der Waals surface area contributed by atoms with E-state index in [4.69, 9.17) is 15.6 Å².